The molecule has 1 aromatic rings. The number of ether oxygens (including phenoxy) is 1. The molecule has 1 amide bonds. The largest absolute Gasteiger partial charge is 0.448 e. The minimum Gasteiger partial charge on any atom is -0.448 e. The number of benzene rings is 1. The molecular weight excluding hydrogens is 262 g/mol. The fraction of sp³-hybridized carbons (Fsp3) is 0.200. The van der Waals surface area contributed by atoms with Gasteiger partial charge in [0.2, 0.25) is 0 Å². The average Bonchev–Trinajstić information content (AvgIpc) is 2.23. The van der Waals surface area contributed by atoms with E-state index in [1.807, 2.05) is 0 Å². The zero-order chi connectivity index (χ0) is 12.8. The van der Waals surface area contributed by atoms with Crippen molar-refractivity contribution in [2.75, 3.05) is 18.5 Å². The Hall–Kier alpha value is -1.53. The van der Waals surface area contributed by atoms with Gasteiger partial charge in [-0.1, -0.05) is 23.8 Å². The normalized spacial score (nSPS) is 9.71. The van der Waals surface area contributed by atoms with Crippen LogP contribution in [-0.4, -0.2) is 24.2 Å². The Balaban J connectivity index is 2.53. The van der Waals surface area contributed by atoms with E-state index < -0.39 is 6.09 Å². The molecule has 5 N–H and O–H groups in total. The van der Waals surface area contributed by atoms with Gasteiger partial charge in [0.05, 0.1) is 5.02 Å². The van der Waals surface area contributed by atoms with Gasteiger partial charge in [-0.05, 0) is 18.2 Å². The highest BCUT2D eigenvalue weighted by Crippen LogP contribution is 2.20. The van der Waals surface area contributed by atoms with E-state index in [2.05, 4.69) is 10.1 Å². The number of hydrogen-bond donors (Lipinski definition) is 3. The standard InChI is InChI=1S/C10H12ClN3O2S/c11-8-5-6(1-2-7(8)9(12)17)14-3-4-16-10(13)15/h1-2,5,14H,3-4H2,(H2,12,17)(H2,13,15). The predicted molar refractivity (Wildman–Crippen MR) is 71.4 cm³/mol. The molecule has 0 heterocycles. The second kappa shape index (κ2) is 6.27. The first-order valence-electron chi connectivity index (χ1n) is 4.76. The Morgan fingerprint density at radius 3 is 2.71 bits per heavy atom. The summed E-state index contributed by atoms with van der Waals surface area (Å²) in [6, 6.07) is 5.20. The first kappa shape index (κ1) is 13.5. The summed E-state index contributed by atoms with van der Waals surface area (Å²) in [7, 11) is 0. The van der Waals surface area contributed by atoms with Gasteiger partial charge in [0.15, 0.2) is 0 Å². The minimum atomic E-state index is -0.798. The predicted octanol–water partition coefficient (Wildman–Crippen LogP) is 1.48. The molecule has 5 nitrogen and oxygen atoms in total. The molecule has 1 aromatic carbocycles. The van der Waals surface area contributed by atoms with Crippen molar-refractivity contribution in [3.8, 4) is 0 Å². The number of primary amides is 1. The molecule has 0 aliphatic carbocycles. The summed E-state index contributed by atoms with van der Waals surface area (Å²) < 4.78 is 4.56. The molecule has 0 spiro atoms. The molecule has 0 atom stereocenters. The van der Waals surface area contributed by atoms with Crippen molar-refractivity contribution in [3.63, 3.8) is 0 Å². The number of hydrogen-bond acceptors (Lipinski definition) is 4. The fourth-order valence-electron chi connectivity index (χ4n) is 1.17. The summed E-state index contributed by atoms with van der Waals surface area (Å²) in [5, 5.41) is 3.48. The number of anilines is 1. The van der Waals surface area contributed by atoms with Crippen LogP contribution in [0.15, 0.2) is 18.2 Å². The van der Waals surface area contributed by atoms with Gasteiger partial charge in [-0.3, -0.25) is 0 Å². The highest BCUT2D eigenvalue weighted by atomic mass is 35.5. The number of thiocarbonyl (C=S) groups is 1. The highest BCUT2D eigenvalue weighted by molar-refractivity contribution is 7.80. The lowest BCUT2D eigenvalue weighted by atomic mass is 10.2. The zero-order valence-corrected chi connectivity index (χ0v) is 10.5. The third-order valence-corrected chi connectivity index (χ3v) is 2.44. The number of carbonyl (C=O) groups is 1. The molecule has 92 valence electrons. The maximum Gasteiger partial charge on any atom is 0.404 e. The van der Waals surface area contributed by atoms with Crippen molar-refractivity contribution in [1.29, 1.82) is 0 Å². The van der Waals surface area contributed by atoms with Gasteiger partial charge >= 0.3 is 6.09 Å². The van der Waals surface area contributed by atoms with Crippen molar-refractivity contribution >= 4 is 40.6 Å². The molecule has 7 heteroatoms. The zero-order valence-electron chi connectivity index (χ0n) is 8.90. The second-order valence-corrected chi connectivity index (χ2v) is 4.00. The van der Waals surface area contributed by atoms with Crippen LogP contribution in [0.25, 0.3) is 0 Å². The van der Waals surface area contributed by atoms with Crippen molar-refractivity contribution in [2.45, 2.75) is 0 Å². The second-order valence-electron chi connectivity index (χ2n) is 3.15. The monoisotopic (exact) mass is 273 g/mol. The van der Waals surface area contributed by atoms with Crippen LogP contribution in [0.4, 0.5) is 10.5 Å². The molecule has 0 bridgehead atoms. The van der Waals surface area contributed by atoms with E-state index in [4.69, 9.17) is 35.3 Å². The molecule has 0 aliphatic heterocycles. The number of rotatable bonds is 5. The number of nitrogens with two attached hydrogens (primary N) is 2. The minimum absolute atomic E-state index is 0.185. The maximum atomic E-state index is 10.3. The molecule has 0 aromatic heterocycles. The van der Waals surface area contributed by atoms with Gasteiger partial charge in [-0.25, -0.2) is 4.79 Å². The smallest absolute Gasteiger partial charge is 0.404 e. The van der Waals surface area contributed by atoms with Crippen molar-refractivity contribution in [2.24, 2.45) is 11.5 Å². The molecule has 0 aliphatic rings. The summed E-state index contributed by atoms with van der Waals surface area (Å²) >= 11 is 10.8. The van der Waals surface area contributed by atoms with Crippen LogP contribution in [0.3, 0.4) is 0 Å². The quantitative estimate of drug-likeness (QED) is 0.558. The first-order valence-corrected chi connectivity index (χ1v) is 5.55. The van der Waals surface area contributed by atoms with Crippen LogP contribution in [0.5, 0.6) is 0 Å². The van der Waals surface area contributed by atoms with Crippen LogP contribution < -0.4 is 16.8 Å². The molecule has 0 saturated carbocycles. The number of amides is 1. The molecule has 1 rings (SSSR count). The van der Waals surface area contributed by atoms with E-state index in [9.17, 15) is 4.79 Å². The molecule has 17 heavy (non-hydrogen) atoms. The number of halogens is 1. The van der Waals surface area contributed by atoms with Crippen LogP contribution in [0, 0.1) is 0 Å². The van der Waals surface area contributed by atoms with E-state index in [0.29, 0.717) is 17.1 Å². The number of nitrogens with one attached hydrogen (secondary N) is 1. The van der Waals surface area contributed by atoms with Crippen molar-refractivity contribution in [1.82, 2.24) is 0 Å². The van der Waals surface area contributed by atoms with E-state index in [-0.39, 0.29) is 11.6 Å². The van der Waals surface area contributed by atoms with E-state index in [1.165, 1.54) is 0 Å². The van der Waals surface area contributed by atoms with Crippen molar-refractivity contribution in [3.05, 3.63) is 28.8 Å². The lowest BCUT2D eigenvalue weighted by Gasteiger charge is -2.08. The number of carbonyl (C=O) groups excluding carboxylic acids is 1. The van der Waals surface area contributed by atoms with E-state index in [0.717, 1.165) is 5.69 Å². The summed E-state index contributed by atoms with van der Waals surface area (Å²) in [5.41, 5.74) is 11.7. The molecule has 0 fully saturated rings. The summed E-state index contributed by atoms with van der Waals surface area (Å²) in [6.07, 6.45) is -0.798. The Morgan fingerprint density at radius 2 is 2.18 bits per heavy atom. The van der Waals surface area contributed by atoms with Gasteiger partial charge in [0, 0.05) is 17.8 Å². The molecular formula is C10H12ClN3O2S. The molecule has 0 saturated heterocycles. The van der Waals surface area contributed by atoms with Crippen LogP contribution in [-0.2, 0) is 4.74 Å². The molecule has 0 radical (unpaired) electrons. The van der Waals surface area contributed by atoms with E-state index in [1.54, 1.807) is 18.2 Å². The Bertz CT molecular complexity index is 440. The van der Waals surface area contributed by atoms with Crippen LogP contribution >= 0.6 is 23.8 Å². The lowest BCUT2D eigenvalue weighted by molar-refractivity contribution is 0.161. The van der Waals surface area contributed by atoms with Gasteiger partial charge < -0.3 is 21.5 Å². The van der Waals surface area contributed by atoms with Gasteiger partial charge in [-0.15, -0.1) is 0 Å². The topological polar surface area (TPSA) is 90.4 Å². The van der Waals surface area contributed by atoms with Crippen LogP contribution in [0.2, 0.25) is 5.02 Å². The molecule has 0 unspecified atom stereocenters. The third-order valence-electron chi connectivity index (χ3n) is 1.91. The van der Waals surface area contributed by atoms with Gasteiger partial charge in [0.1, 0.15) is 11.6 Å². The Morgan fingerprint density at radius 1 is 1.47 bits per heavy atom. The summed E-state index contributed by atoms with van der Waals surface area (Å²) in [4.78, 5) is 10.6. The van der Waals surface area contributed by atoms with Crippen molar-refractivity contribution < 1.29 is 9.53 Å². The Kier molecular flexibility index (Phi) is 4.99. The average molecular weight is 274 g/mol. The van der Waals surface area contributed by atoms with Gasteiger partial charge in [0.25, 0.3) is 0 Å². The SMILES string of the molecule is NC(=O)OCCNc1ccc(C(N)=S)c(Cl)c1. The first-order chi connectivity index (χ1) is 8.00. The van der Waals surface area contributed by atoms with E-state index >= 15 is 0 Å². The maximum absolute atomic E-state index is 10.3. The summed E-state index contributed by atoms with van der Waals surface area (Å²) in [5.74, 6) is 0. The third kappa shape index (κ3) is 4.46. The lowest BCUT2D eigenvalue weighted by Crippen LogP contribution is -2.18. The van der Waals surface area contributed by atoms with Crippen LogP contribution in [0.1, 0.15) is 5.56 Å². The summed E-state index contributed by atoms with van der Waals surface area (Å²) in [6.45, 7) is 0.621. The fourth-order valence-corrected chi connectivity index (χ4v) is 1.69. The Labute approximate surface area is 109 Å². The van der Waals surface area contributed by atoms with Gasteiger partial charge in [-0.2, -0.15) is 0 Å². The highest BCUT2D eigenvalue weighted by Gasteiger charge is 2.04.